The van der Waals surface area contributed by atoms with Crippen LogP contribution in [0.25, 0.3) is 0 Å². The van der Waals surface area contributed by atoms with Crippen molar-refractivity contribution in [3.8, 4) is 0 Å². The van der Waals surface area contributed by atoms with Gasteiger partial charge in [-0.25, -0.2) is 9.59 Å². The lowest BCUT2D eigenvalue weighted by molar-refractivity contribution is -0.254. The maximum absolute atomic E-state index is 13.3. The van der Waals surface area contributed by atoms with E-state index in [0.717, 1.165) is 0 Å². The van der Waals surface area contributed by atoms with Gasteiger partial charge in [0.1, 0.15) is 0 Å². The molecule has 0 bridgehead atoms. The number of hydrogen-bond donors (Lipinski definition) is 2. The Morgan fingerprint density at radius 2 is 1.86 bits per heavy atom. The maximum atomic E-state index is 13.3. The first-order chi connectivity index (χ1) is 12.9. The number of carbonyl (C=O) groups excluding carboxylic acids is 3. The molecule has 2 amide bonds. The summed E-state index contributed by atoms with van der Waals surface area (Å²) in [4.78, 5) is 33.8. The van der Waals surface area contributed by atoms with Crippen molar-refractivity contribution in [2.24, 2.45) is 5.41 Å². The number of halogens is 2. The van der Waals surface area contributed by atoms with E-state index < -0.39 is 43.3 Å². The number of alkyl carbamates (subject to hydrolysis) is 2. The SMILES string of the molecule is CCOC(F)(F)COC(=O)NC1CC(C)(C)CC(C)(NC(=O)OCOC=O)C1. The molecule has 0 aromatic heterocycles. The van der Waals surface area contributed by atoms with Crippen LogP contribution in [-0.4, -0.2) is 56.4 Å². The van der Waals surface area contributed by atoms with Crippen LogP contribution in [0.5, 0.6) is 0 Å². The van der Waals surface area contributed by atoms with Crippen molar-refractivity contribution in [1.29, 1.82) is 0 Å². The lowest BCUT2D eigenvalue weighted by Gasteiger charge is -2.46. The first kappa shape index (κ1) is 23.9. The molecule has 0 radical (unpaired) electrons. The van der Waals surface area contributed by atoms with Crippen LogP contribution in [0.15, 0.2) is 0 Å². The van der Waals surface area contributed by atoms with Gasteiger partial charge >= 0.3 is 18.3 Å². The van der Waals surface area contributed by atoms with Crippen molar-refractivity contribution in [3.05, 3.63) is 0 Å². The Labute approximate surface area is 162 Å². The molecule has 0 aliphatic heterocycles. The van der Waals surface area contributed by atoms with Gasteiger partial charge in [-0.3, -0.25) is 4.79 Å². The van der Waals surface area contributed by atoms with E-state index in [1.165, 1.54) is 6.92 Å². The van der Waals surface area contributed by atoms with Gasteiger partial charge < -0.3 is 29.6 Å². The first-order valence-electron chi connectivity index (χ1n) is 8.85. The highest BCUT2D eigenvalue weighted by atomic mass is 19.3. The smallest absolute Gasteiger partial charge is 0.410 e. The van der Waals surface area contributed by atoms with Crippen molar-refractivity contribution >= 4 is 18.7 Å². The molecule has 1 aliphatic carbocycles. The molecule has 0 aromatic rings. The van der Waals surface area contributed by atoms with Gasteiger partial charge in [-0.1, -0.05) is 13.8 Å². The predicted octanol–water partition coefficient (Wildman–Crippen LogP) is 2.54. The molecule has 9 nitrogen and oxygen atoms in total. The molecule has 1 rings (SSSR count). The molecule has 0 spiro atoms. The zero-order chi connectivity index (χ0) is 21.4. The summed E-state index contributed by atoms with van der Waals surface area (Å²) >= 11 is 0. The van der Waals surface area contributed by atoms with Crippen molar-refractivity contribution in [2.75, 3.05) is 20.0 Å². The van der Waals surface area contributed by atoms with E-state index in [9.17, 15) is 23.2 Å². The molecule has 0 heterocycles. The van der Waals surface area contributed by atoms with E-state index in [-0.39, 0.29) is 18.5 Å². The molecule has 2 unspecified atom stereocenters. The summed E-state index contributed by atoms with van der Waals surface area (Å²) in [6.45, 7) is 5.32. The predicted molar refractivity (Wildman–Crippen MR) is 92.5 cm³/mol. The van der Waals surface area contributed by atoms with Crippen LogP contribution in [0.2, 0.25) is 0 Å². The summed E-state index contributed by atoms with van der Waals surface area (Å²) in [5.74, 6) is 0. The fraction of sp³-hybridized carbons (Fsp3) is 0.824. The Bertz CT molecular complexity index is 560. The van der Waals surface area contributed by atoms with Gasteiger partial charge in [-0.05, 0) is 38.5 Å². The number of hydrogen-bond acceptors (Lipinski definition) is 7. The second-order valence-corrected chi connectivity index (χ2v) is 7.74. The Kier molecular flexibility index (Phi) is 8.40. The zero-order valence-electron chi connectivity index (χ0n) is 16.5. The van der Waals surface area contributed by atoms with Gasteiger partial charge in [-0.15, -0.1) is 0 Å². The summed E-state index contributed by atoms with van der Waals surface area (Å²) in [7, 11) is 0. The quantitative estimate of drug-likeness (QED) is 0.341. The molecule has 2 N–H and O–H groups in total. The van der Waals surface area contributed by atoms with Crippen LogP contribution in [-0.2, 0) is 23.7 Å². The van der Waals surface area contributed by atoms with E-state index >= 15 is 0 Å². The molecule has 0 saturated heterocycles. The van der Waals surface area contributed by atoms with Crippen LogP contribution >= 0.6 is 0 Å². The Hall–Kier alpha value is -2.17. The molecule has 0 aromatic carbocycles. The minimum atomic E-state index is -3.55. The number of rotatable bonds is 9. The fourth-order valence-corrected chi connectivity index (χ4v) is 3.69. The van der Waals surface area contributed by atoms with E-state index in [1.54, 1.807) is 6.92 Å². The molecule has 2 atom stereocenters. The molecule has 1 fully saturated rings. The largest absolute Gasteiger partial charge is 0.440 e. The van der Waals surface area contributed by atoms with Gasteiger partial charge in [-0.2, -0.15) is 8.78 Å². The molecule has 11 heteroatoms. The minimum absolute atomic E-state index is 0.152. The van der Waals surface area contributed by atoms with Gasteiger partial charge in [0.05, 0.1) is 6.61 Å². The van der Waals surface area contributed by atoms with Crippen LogP contribution in [0.4, 0.5) is 18.4 Å². The topological polar surface area (TPSA) is 112 Å². The molecule has 162 valence electrons. The Balaban J connectivity index is 2.63. The lowest BCUT2D eigenvalue weighted by Crippen LogP contribution is -2.57. The average molecular weight is 410 g/mol. The van der Waals surface area contributed by atoms with Gasteiger partial charge in [0, 0.05) is 11.6 Å². The van der Waals surface area contributed by atoms with E-state index in [1.807, 2.05) is 13.8 Å². The second-order valence-electron chi connectivity index (χ2n) is 7.74. The van der Waals surface area contributed by atoms with Gasteiger partial charge in [0.15, 0.2) is 6.61 Å². The Morgan fingerprint density at radius 1 is 1.18 bits per heavy atom. The first-order valence-corrected chi connectivity index (χ1v) is 8.85. The van der Waals surface area contributed by atoms with E-state index in [2.05, 4.69) is 24.8 Å². The molecule has 28 heavy (non-hydrogen) atoms. The van der Waals surface area contributed by atoms with Crippen molar-refractivity contribution < 1.29 is 42.1 Å². The van der Waals surface area contributed by atoms with Gasteiger partial charge in [0.25, 0.3) is 6.47 Å². The highest BCUT2D eigenvalue weighted by Crippen LogP contribution is 2.41. The summed E-state index contributed by atoms with van der Waals surface area (Å²) in [5, 5.41) is 5.25. The molecule has 1 aliphatic rings. The highest BCUT2D eigenvalue weighted by molar-refractivity contribution is 5.69. The Morgan fingerprint density at radius 3 is 2.46 bits per heavy atom. The molecular weight excluding hydrogens is 382 g/mol. The van der Waals surface area contributed by atoms with Crippen LogP contribution < -0.4 is 10.6 Å². The van der Waals surface area contributed by atoms with Crippen molar-refractivity contribution in [3.63, 3.8) is 0 Å². The van der Waals surface area contributed by atoms with Crippen molar-refractivity contribution in [1.82, 2.24) is 10.6 Å². The summed E-state index contributed by atoms with van der Waals surface area (Å²) in [6, 6.07) is -0.423. The number of amides is 2. The highest BCUT2D eigenvalue weighted by Gasteiger charge is 2.43. The third-order valence-electron chi connectivity index (χ3n) is 4.14. The average Bonchev–Trinajstić information content (AvgIpc) is 2.50. The maximum Gasteiger partial charge on any atom is 0.410 e. The third kappa shape index (κ3) is 8.68. The lowest BCUT2D eigenvalue weighted by atomic mass is 9.67. The summed E-state index contributed by atoms with van der Waals surface area (Å²) in [6.07, 6.45) is -3.85. The summed E-state index contributed by atoms with van der Waals surface area (Å²) < 4.78 is 44.3. The number of nitrogens with one attached hydrogen (secondary N) is 2. The second kappa shape index (κ2) is 9.85. The zero-order valence-corrected chi connectivity index (χ0v) is 16.5. The van der Waals surface area contributed by atoms with Crippen LogP contribution in [0, 0.1) is 5.41 Å². The number of carbonyl (C=O) groups is 3. The van der Waals surface area contributed by atoms with Crippen LogP contribution in [0.1, 0.15) is 47.0 Å². The van der Waals surface area contributed by atoms with Gasteiger partial charge in [0.2, 0.25) is 6.79 Å². The third-order valence-corrected chi connectivity index (χ3v) is 4.14. The van der Waals surface area contributed by atoms with E-state index in [4.69, 9.17) is 4.74 Å². The summed E-state index contributed by atoms with van der Waals surface area (Å²) in [5.41, 5.74) is -1.01. The van der Waals surface area contributed by atoms with E-state index in [0.29, 0.717) is 19.3 Å². The molecule has 1 saturated carbocycles. The molecular formula is C17H28F2N2O7. The number of alkyl halides is 2. The minimum Gasteiger partial charge on any atom is -0.440 e. The normalized spacial score (nSPS) is 24.0. The standard InChI is InChI=1S/C17H28F2N2O7/c1-5-28-17(18,19)9-26-13(23)20-12-6-15(2,3)8-16(4,7-12)21-14(24)27-11-25-10-22/h10,12H,5-9,11H2,1-4H3,(H,20,23)(H,21,24). The van der Waals surface area contributed by atoms with Crippen molar-refractivity contribution in [2.45, 2.75) is 64.6 Å². The fourth-order valence-electron chi connectivity index (χ4n) is 3.69. The van der Waals surface area contributed by atoms with Crippen LogP contribution in [0.3, 0.4) is 0 Å². The number of ether oxygens (including phenoxy) is 4. The monoisotopic (exact) mass is 410 g/mol.